The zero-order chi connectivity index (χ0) is 9.54. The van der Waals surface area contributed by atoms with E-state index in [4.69, 9.17) is 10.3 Å². The average Bonchev–Trinajstić information content (AvgIpc) is 2.60. The minimum absolute atomic E-state index is 0.310. The van der Waals surface area contributed by atoms with Gasteiger partial charge in [0.15, 0.2) is 5.58 Å². The molecule has 0 saturated carbocycles. The molecule has 0 spiro atoms. The van der Waals surface area contributed by atoms with Crippen molar-refractivity contribution in [3.8, 4) is 0 Å². The Kier molecular flexibility index (Phi) is 1.52. The summed E-state index contributed by atoms with van der Waals surface area (Å²) in [6, 6.07) is 6.29. The van der Waals surface area contributed by atoms with Crippen LogP contribution < -0.4 is 10.6 Å². The fourth-order valence-electron chi connectivity index (χ4n) is 1.86. The number of benzene rings is 1. The number of hydrogen-bond donors (Lipinski definition) is 1. The van der Waals surface area contributed by atoms with Crippen molar-refractivity contribution in [3.63, 3.8) is 0 Å². The first-order chi connectivity index (χ1) is 6.84. The molecule has 1 aromatic carbocycles. The fraction of sp³-hybridized carbons (Fsp3) is 0.300. The molecule has 0 amide bonds. The zero-order valence-corrected chi connectivity index (χ0v) is 7.68. The number of nitrogens with two attached hydrogens (primary N) is 1. The van der Waals surface area contributed by atoms with Crippen molar-refractivity contribution < 1.29 is 4.52 Å². The Balaban J connectivity index is 2.07. The Labute approximate surface area is 81.3 Å². The molecule has 2 heterocycles. The molecule has 14 heavy (non-hydrogen) atoms. The second-order valence-electron chi connectivity index (χ2n) is 3.68. The van der Waals surface area contributed by atoms with Gasteiger partial charge in [0.1, 0.15) is 0 Å². The highest BCUT2D eigenvalue weighted by Crippen LogP contribution is 2.29. The highest BCUT2D eigenvalue weighted by atomic mass is 16.5. The Morgan fingerprint density at radius 1 is 1.43 bits per heavy atom. The third-order valence-electron chi connectivity index (χ3n) is 2.63. The first-order valence-electron chi connectivity index (χ1n) is 4.68. The van der Waals surface area contributed by atoms with Crippen molar-refractivity contribution in [1.29, 1.82) is 0 Å². The third-order valence-corrected chi connectivity index (χ3v) is 2.63. The van der Waals surface area contributed by atoms with Crippen molar-refractivity contribution in [2.24, 2.45) is 5.73 Å². The van der Waals surface area contributed by atoms with Crippen LogP contribution in [0.4, 0.5) is 5.69 Å². The summed E-state index contributed by atoms with van der Waals surface area (Å²) in [5.74, 6) is 0. The Hall–Kier alpha value is -1.55. The Morgan fingerprint density at radius 2 is 2.29 bits per heavy atom. The molecule has 1 saturated heterocycles. The monoisotopic (exact) mass is 189 g/mol. The SMILES string of the molecule is NC1CN(c2cccc3oncc23)C1. The zero-order valence-electron chi connectivity index (χ0n) is 7.68. The molecule has 1 fully saturated rings. The maximum atomic E-state index is 5.74. The second kappa shape index (κ2) is 2.72. The van der Waals surface area contributed by atoms with Crippen molar-refractivity contribution in [3.05, 3.63) is 24.4 Å². The van der Waals surface area contributed by atoms with E-state index in [1.165, 1.54) is 5.69 Å². The highest BCUT2D eigenvalue weighted by Gasteiger charge is 2.24. The molecular weight excluding hydrogens is 178 g/mol. The smallest absolute Gasteiger partial charge is 0.168 e. The summed E-state index contributed by atoms with van der Waals surface area (Å²) in [6.45, 7) is 1.84. The second-order valence-corrected chi connectivity index (χ2v) is 3.68. The number of hydrogen-bond acceptors (Lipinski definition) is 4. The quantitative estimate of drug-likeness (QED) is 0.726. The van der Waals surface area contributed by atoms with Crippen LogP contribution in [0, 0.1) is 0 Å². The number of anilines is 1. The first kappa shape index (κ1) is 7.82. The predicted octanol–water partition coefficient (Wildman–Crippen LogP) is 0.975. The highest BCUT2D eigenvalue weighted by molar-refractivity contribution is 5.90. The van der Waals surface area contributed by atoms with Crippen LogP contribution in [-0.2, 0) is 0 Å². The van der Waals surface area contributed by atoms with Crippen molar-refractivity contribution in [2.45, 2.75) is 6.04 Å². The van der Waals surface area contributed by atoms with Crippen LogP contribution in [0.2, 0.25) is 0 Å². The predicted molar refractivity (Wildman–Crippen MR) is 54.2 cm³/mol. The molecule has 1 aliphatic rings. The lowest BCUT2D eigenvalue weighted by Crippen LogP contribution is -2.55. The van der Waals surface area contributed by atoms with Gasteiger partial charge in [0.05, 0.1) is 11.6 Å². The normalized spacial score (nSPS) is 17.4. The van der Waals surface area contributed by atoms with Gasteiger partial charge >= 0.3 is 0 Å². The molecule has 0 radical (unpaired) electrons. The summed E-state index contributed by atoms with van der Waals surface area (Å²) in [6.07, 6.45) is 1.76. The summed E-state index contributed by atoms with van der Waals surface area (Å²) < 4.78 is 5.10. The number of aromatic nitrogens is 1. The van der Waals surface area contributed by atoms with E-state index in [0.717, 1.165) is 24.1 Å². The molecule has 3 rings (SSSR count). The molecule has 0 atom stereocenters. The standard InChI is InChI=1S/C10H11N3O/c11-7-5-13(6-7)9-2-1-3-10-8(9)4-12-14-10/h1-4,7H,5-6,11H2. The van der Waals surface area contributed by atoms with Gasteiger partial charge in [-0.2, -0.15) is 0 Å². The van der Waals surface area contributed by atoms with Crippen LogP contribution in [0.3, 0.4) is 0 Å². The summed E-state index contributed by atoms with van der Waals surface area (Å²) in [7, 11) is 0. The summed E-state index contributed by atoms with van der Waals surface area (Å²) in [5, 5.41) is 4.86. The van der Waals surface area contributed by atoms with E-state index in [-0.39, 0.29) is 0 Å². The summed E-state index contributed by atoms with van der Waals surface area (Å²) in [5.41, 5.74) is 7.75. The molecule has 2 N–H and O–H groups in total. The van der Waals surface area contributed by atoms with Gasteiger partial charge < -0.3 is 15.2 Å². The Morgan fingerprint density at radius 3 is 3.07 bits per heavy atom. The van der Waals surface area contributed by atoms with Gasteiger partial charge in [-0.3, -0.25) is 0 Å². The maximum Gasteiger partial charge on any atom is 0.168 e. The van der Waals surface area contributed by atoms with Crippen LogP contribution in [0.1, 0.15) is 0 Å². The molecule has 0 aliphatic carbocycles. The molecule has 2 aromatic rings. The molecule has 0 bridgehead atoms. The lowest BCUT2D eigenvalue weighted by molar-refractivity contribution is 0.456. The number of nitrogens with zero attached hydrogens (tertiary/aromatic N) is 2. The summed E-state index contributed by atoms with van der Waals surface area (Å²) >= 11 is 0. The largest absolute Gasteiger partial charge is 0.368 e. The third kappa shape index (κ3) is 1.01. The minimum Gasteiger partial charge on any atom is -0.368 e. The van der Waals surface area contributed by atoms with Crippen LogP contribution in [0.5, 0.6) is 0 Å². The van der Waals surface area contributed by atoms with Gasteiger partial charge in [0, 0.05) is 24.8 Å². The van der Waals surface area contributed by atoms with Crippen LogP contribution >= 0.6 is 0 Å². The lowest BCUT2D eigenvalue weighted by atomic mass is 10.1. The minimum atomic E-state index is 0.310. The van der Waals surface area contributed by atoms with E-state index in [1.807, 2.05) is 12.1 Å². The Bertz CT molecular complexity index is 459. The van der Waals surface area contributed by atoms with Gasteiger partial charge in [-0.1, -0.05) is 11.2 Å². The van der Waals surface area contributed by atoms with Crippen molar-refractivity contribution >= 4 is 16.7 Å². The van der Waals surface area contributed by atoms with Crippen LogP contribution in [-0.4, -0.2) is 24.3 Å². The molecule has 4 heteroatoms. The number of fused-ring (bicyclic) bond motifs is 1. The van der Waals surface area contributed by atoms with Gasteiger partial charge in [-0.05, 0) is 12.1 Å². The van der Waals surface area contributed by atoms with Crippen LogP contribution in [0.25, 0.3) is 11.0 Å². The molecule has 1 aliphatic heterocycles. The van der Waals surface area contributed by atoms with E-state index < -0.39 is 0 Å². The molecule has 4 nitrogen and oxygen atoms in total. The topological polar surface area (TPSA) is 55.3 Å². The molecular formula is C10H11N3O. The van der Waals surface area contributed by atoms with Crippen molar-refractivity contribution in [1.82, 2.24) is 5.16 Å². The summed E-state index contributed by atoms with van der Waals surface area (Å²) in [4.78, 5) is 2.24. The van der Waals surface area contributed by atoms with E-state index in [0.29, 0.717) is 6.04 Å². The van der Waals surface area contributed by atoms with Gasteiger partial charge in [0.2, 0.25) is 0 Å². The first-order valence-corrected chi connectivity index (χ1v) is 4.68. The van der Waals surface area contributed by atoms with Gasteiger partial charge in [-0.15, -0.1) is 0 Å². The lowest BCUT2D eigenvalue weighted by Gasteiger charge is -2.39. The van der Waals surface area contributed by atoms with Crippen LogP contribution in [0.15, 0.2) is 28.9 Å². The van der Waals surface area contributed by atoms with E-state index >= 15 is 0 Å². The average molecular weight is 189 g/mol. The molecule has 0 unspecified atom stereocenters. The van der Waals surface area contributed by atoms with Gasteiger partial charge in [0.25, 0.3) is 0 Å². The fourth-order valence-corrected chi connectivity index (χ4v) is 1.86. The van der Waals surface area contributed by atoms with E-state index in [9.17, 15) is 0 Å². The van der Waals surface area contributed by atoms with Gasteiger partial charge in [-0.25, -0.2) is 0 Å². The molecule has 1 aromatic heterocycles. The molecule has 72 valence electrons. The maximum absolute atomic E-state index is 5.74. The number of rotatable bonds is 1. The van der Waals surface area contributed by atoms with E-state index in [1.54, 1.807) is 6.20 Å². The van der Waals surface area contributed by atoms with E-state index in [2.05, 4.69) is 16.1 Å². The van der Waals surface area contributed by atoms with Crippen molar-refractivity contribution in [2.75, 3.05) is 18.0 Å².